The summed E-state index contributed by atoms with van der Waals surface area (Å²) in [6.07, 6.45) is 1.82. The van der Waals surface area contributed by atoms with Crippen LogP contribution < -0.4 is 16.0 Å². The zero-order chi connectivity index (χ0) is 15.2. The minimum atomic E-state index is 0.221. The largest absolute Gasteiger partial charge is 0.497 e. The summed E-state index contributed by atoms with van der Waals surface area (Å²) in [5.74, 6) is 6.62. The first-order valence-corrected chi connectivity index (χ1v) is 7.27. The highest BCUT2D eigenvalue weighted by molar-refractivity contribution is 5.32. The van der Waals surface area contributed by atoms with Crippen LogP contribution >= 0.6 is 0 Å². The van der Waals surface area contributed by atoms with Gasteiger partial charge in [-0.05, 0) is 55.5 Å². The third kappa shape index (κ3) is 4.31. The fourth-order valence-corrected chi connectivity index (χ4v) is 2.52. The SMILES string of the molecule is COc1ccc(CC(Cc2cc(C)ccc2C)NN)cc1. The van der Waals surface area contributed by atoms with Gasteiger partial charge in [0.2, 0.25) is 0 Å². The van der Waals surface area contributed by atoms with Crippen LogP contribution in [0.3, 0.4) is 0 Å². The molecule has 0 aliphatic carbocycles. The van der Waals surface area contributed by atoms with E-state index in [0.717, 1.165) is 18.6 Å². The highest BCUT2D eigenvalue weighted by Crippen LogP contribution is 2.16. The summed E-state index contributed by atoms with van der Waals surface area (Å²) in [7, 11) is 1.68. The molecule has 0 bridgehead atoms. The van der Waals surface area contributed by atoms with Gasteiger partial charge in [0.1, 0.15) is 5.75 Å². The summed E-state index contributed by atoms with van der Waals surface area (Å²) in [5, 5.41) is 0. The Morgan fingerprint density at radius 3 is 2.38 bits per heavy atom. The van der Waals surface area contributed by atoms with Crippen LogP contribution in [0.5, 0.6) is 5.75 Å². The molecule has 0 aliphatic rings. The van der Waals surface area contributed by atoms with Crippen molar-refractivity contribution < 1.29 is 4.74 Å². The van der Waals surface area contributed by atoms with E-state index in [1.807, 2.05) is 12.1 Å². The number of nitrogens with one attached hydrogen (secondary N) is 1. The lowest BCUT2D eigenvalue weighted by Gasteiger charge is -2.18. The molecule has 3 nitrogen and oxygen atoms in total. The Morgan fingerprint density at radius 1 is 1.05 bits per heavy atom. The van der Waals surface area contributed by atoms with Crippen molar-refractivity contribution in [3.8, 4) is 5.75 Å². The van der Waals surface area contributed by atoms with Crippen LogP contribution in [-0.4, -0.2) is 13.2 Å². The van der Waals surface area contributed by atoms with E-state index in [2.05, 4.69) is 49.6 Å². The second kappa shape index (κ2) is 7.25. The van der Waals surface area contributed by atoms with Gasteiger partial charge in [0.25, 0.3) is 0 Å². The van der Waals surface area contributed by atoms with Crippen LogP contribution in [-0.2, 0) is 12.8 Å². The maximum Gasteiger partial charge on any atom is 0.118 e. The van der Waals surface area contributed by atoms with Gasteiger partial charge in [-0.2, -0.15) is 0 Å². The van der Waals surface area contributed by atoms with Crippen LogP contribution in [0.1, 0.15) is 22.3 Å². The van der Waals surface area contributed by atoms with Crippen molar-refractivity contribution in [2.24, 2.45) is 5.84 Å². The van der Waals surface area contributed by atoms with E-state index in [4.69, 9.17) is 10.6 Å². The lowest BCUT2D eigenvalue weighted by atomic mass is 9.95. The van der Waals surface area contributed by atoms with Crippen molar-refractivity contribution in [2.75, 3.05) is 7.11 Å². The molecule has 0 heterocycles. The Balaban J connectivity index is 2.07. The van der Waals surface area contributed by atoms with E-state index in [0.29, 0.717) is 0 Å². The lowest BCUT2D eigenvalue weighted by Crippen LogP contribution is -2.38. The average molecular weight is 284 g/mol. The van der Waals surface area contributed by atoms with Crippen LogP contribution in [0.25, 0.3) is 0 Å². The molecule has 3 N–H and O–H groups in total. The van der Waals surface area contributed by atoms with Crippen molar-refractivity contribution in [3.63, 3.8) is 0 Å². The minimum absolute atomic E-state index is 0.221. The number of hydrogen-bond acceptors (Lipinski definition) is 3. The quantitative estimate of drug-likeness (QED) is 0.633. The molecular formula is C18H24N2O. The van der Waals surface area contributed by atoms with Crippen molar-refractivity contribution in [1.29, 1.82) is 0 Å². The first-order valence-electron chi connectivity index (χ1n) is 7.27. The second-order valence-electron chi connectivity index (χ2n) is 5.55. The van der Waals surface area contributed by atoms with E-state index >= 15 is 0 Å². The summed E-state index contributed by atoms with van der Waals surface area (Å²) in [6.45, 7) is 4.27. The summed E-state index contributed by atoms with van der Waals surface area (Å²) in [5.41, 5.74) is 8.15. The van der Waals surface area contributed by atoms with Crippen molar-refractivity contribution >= 4 is 0 Å². The van der Waals surface area contributed by atoms with Crippen LogP contribution in [0, 0.1) is 13.8 Å². The van der Waals surface area contributed by atoms with E-state index in [1.165, 1.54) is 22.3 Å². The highest BCUT2D eigenvalue weighted by atomic mass is 16.5. The van der Waals surface area contributed by atoms with Gasteiger partial charge in [-0.3, -0.25) is 11.3 Å². The first kappa shape index (κ1) is 15.5. The number of hydrazine groups is 1. The third-order valence-corrected chi connectivity index (χ3v) is 3.85. The number of methoxy groups -OCH3 is 1. The monoisotopic (exact) mass is 284 g/mol. The van der Waals surface area contributed by atoms with Gasteiger partial charge in [0.05, 0.1) is 7.11 Å². The van der Waals surface area contributed by atoms with E-state index < -0.39 is 0 Å². The van der Waals surface area contributed by atoms with E-state index in [9.17, 15) is 0 Å². The molecule has 0 aromatic heterocycles. The smallest absolute Gasteiger partial charge is 0.118 e. The number of ether oxygens (including phenoxy) is 1. The Labute approximate surface area is 127 Å². The topological polar surface area (TPSA) is 47.3 Å². The van der Waals surface area contributed by atoms with Gasteiger partial charge in [-0.25, -0.2) is 0 Å². The Hall–Kier alpha value is -1.84. The zero-order valence-corrected chi connectivity index (χ0v) is 13.0. The average Bonchev–Trinajstić information content (AvgIpc) is 2.51. The maximum absolute atomic E-state index is 5.74. The molecule has 0 aliphatic heterocycles. The number of nitrogens with two attached hydrogens (primary N) is 1. The molecule has 2 rings (SSSR count). The Bertz CT molecular complexity index is 578. The zero-order valence-electron chi connectivity index (χ0n) is 13.0. The molecule has 112 valence electrons. The van der Waals surface area contributed by atoms with E-state index in [-0.39, 0.29) is 6.04 Å². The van der Waals surface area contributed by atoms with Crippen LogP contribution in [0.15, 0.2) is 42.5 Å². The van der Waals surface area contributed by atoms with Crippen LogP contribution in [0.2, 0.25) is 0 Å². The normalized spacial score (nSPS) is 12.2. The molecule has 1 unspecified atom stereocenters. The number of hydrogen-bond donors (Lipinski definition) is 2. The fourth-order valence-electron chi connectivity index (χ4n) is 2.52. The summed E-state index contributed by atoms with van der Waals surface area (Å²) in [6, 6.07) is 14.9. The van der Waals surface area contributed by atoms with E-state index in [1.54, 1.807) is 7.11 Å². The number of rotatable bonds is 6. The Kier molecular flexibility index (Phi) is 5.37. The van der Waals surface area contributed by atoms with Crippen molar-refractivity contribution in [3.05, 3.63) is 64.7 Å². The number of benzene rings is 2. The standard InChI is InChI=1S/C18H24N2O/c1-13-4-5-14(2)16(10-13)12-17(20-19)11-15-6-8-18(21-3)9-7-15/h4-10,17,20H,11-12,19H2,1-3H3. The predicted octanol–water partition coefficient (Wildman–Crippen LogP) is 2.93. The Morgan fingerprint density at radius 2 is 1.76 bits per heavy atom. The fraction of sp³-hybridized carbons (Fsp3) is 0.333. The molecule has 1 atom stereocenters. The molecule has 0 radical (unpaired) electrons. The molecule has 0 saturated carbocycles. The molecule has 2 aromatic carbocycles. The summed E-state index contributed by atoms with van der Waals surface area (Å²) < 4.78 is 5.18. The van der Waals surface area contributed by atoms with Gasteiger partial charge in [0.15, 0.2) is 0 Å². The number of aryl methyl sites for hydroxylation is 2. The van der Waals surface area contributed by atoms with Crippen molar-refractivity contribution in [2.45, 2.75) is 32.7 Å². The van der Waals surface area contributed by atoms with Gasteiger partial charge in [-0.15, -0.1) is 0 Å². The molecule has 21 heavy (non-hydrogen) atoms. The summed E-state index contributed by atoms with van der Waals surface area (Å²) in [4.78, 5) is 0. The molecular weight excluding hydrogens is 260 g/mol. The molecule has 3 heteroatoms. The van der Waals surface area contributed by atoms with Gasteiger partial charge in [0, 0.05) is 6.04 Å². The van der Waals surface area contributed by atoms with Gasteiger partial charge >= 0.3 is 0 Å². The molecule has 2 aromatic rings. The predicted molar refractivity (Wildman–Crippen MR) is 87.4 cm³/mol. The molecule has 0 spiro atoms. The third-order valence-electron chi connectivity index (χ3n) is 3.85. The minimum Gasteiger partial charge on any atom is -0.497 e. The second-order valence-corrected chi connectivity index (χ2v) is 5.55. The molecule has 0 fully saturated rings. The highest BCUT2D eigenvalue weighted by Gasteiger charge is 2.11. The van der Waals surface area contributed by atoms with Crippen LogP contribution in [0.4, 0.5) is 0 Å². The van der Waals surface area contributed by atoms with Gasteiger partial charge in [-0.1, -0.05) is 35.9 Å². The maximum atomic E-state index is 5.74. The summed E-state index contributed by atoms with van der Waals surface area (Å²) >= 11 is 0. The van der Waals surface area contributed by atoms with Gasteiger partial charge < -0.3 is 4.74 Å². The molecule has 0 amide bonds. The first-order chi connectivity index (χ1) is 10.1. The molecule has 0 saturated heterocycles. The lowest BCUT2D eigenvalue weighted by molar-refractivity contribution is 0.414. The van der Waals surface area contributed by atoms with Crippen molar-refractivity contribution in [1.82, 2.24) is 5.43 Å².